The number of halogens is 1. The van der Waals surface area contributed by atoms with Gasteiger partial charge in [-0.2, -0.15) is 5.26 Å². The maximum absolute atomic E-state index is 13.6. The molecule has 1 N–H and O–H groups in total. The van der Waals surface area contributed by atoms with Crippen molar-refractivity contribution >= 4 is 57.3 Å². The van der Waals surface area contributed by atoms with E-state index >= 15 is 0 Å². The molecule has 5 rings (SSSR count). The SMILES string of the molecule is N#C/C(C(=O)Nc1cccc2ccccc12)=C1/SC(Cc2ccccc2Cl)C(=O)N1c1ccccc1. The summed E-state index contributed by atoms with van der Waals surface area (Å²) >= 11 is 7.57. The Morgan fingerprint density at radius 1 is 0.944 bits per heavy atom. The maximum Gasteiger partial charge on any atom is 0.269 e. The zero-order valence-corrected chi connectivity index (χ0v) is 20.6. The number of benzene rings is 4. The molecule has 0 saturated carbocycles. The van der Waals surface area contributed by atoms with E-state index in [4.69, 9.17) is 11.6 Å². The molecule has 1 heterocycles. The van der Waals surface area contributed by atoms with E-state index in [1.54, 1.807) is 24.3 Å². The Labute approximate surface area is 218 Å². The topological polar surface area (TPSA) is 73.2 Å². The Kier molecular flexibility index (Phi) is 6.77. The molecular weight excluding hydrogens is 490 g/mol. The lowest BCUT2D eigenvalue weighted by Gasteiger charge is -2.18. The summed E-state index contributed by atoms with van der Waals surface area (Å²) in [4.78, 5) is 28.5. The van der Waals surface area contributed by atoms with Crippen molar-refractivity contribution in [3.05, 3.63) is 118 Å². The van der Waals surface area contributed by atoms with Gasteiger partial charge in [0.1, 0.15) is 16.7 Å². The zero-order valence-electron chi connectivity index (χ0n) is 19.0. The molecule has 1 saturated heterocycles. The van der Waals surface area contributed by atoms with Crippen molar-refractivity contribution < 1.29 is 9.59 Å². The Bertz CT molecular complexity index is 1540. The van der Waals surface area contributed by atoms with Crippen LogP contribution in [0.15, 0.2) is 108 Å². The molecule has 1 unspecified atom stereocenters. The lowest BCUT2D eigenvalue weighted by molar-refractivity contribution is -0.117. The van der Waals surface area contributed by atoms with Crippen molar-refractivity contribution in [2.45, 2.75) is 11.7 Å². The number of carbonyl (C=O) groups excluding carboxylic acids is 2. The van der Waals surface area contributed by atoms with E-state index in [0.29, 0.717) is 27.8 Å². The number of hydrogen-bond acceptors (Lipinski definition) is 4. The van der Waals surface area contributed by atoms with Gasteiger partial charge in [0.05, 0.1) is 5.25 Å². The Morgan fingerprint density at radius 3 is 2.42 bits per heavy atom. The van der Waals surface area contributed by atoms with Gasteiger partial charge in [-0.3, -0.25) is 14.5 Å². The molecule has 1 atom stereocenters. The summed E-state index contributed by atoms with van der Waals surface area (Å²) in [6, 6.07) is 31.7. The van der Waals surface area contributed by atoms with Crippen molar-refractivity contribution in [3.63, 3.8) is 0 Å². The van der Waals surface area contributed by atoms with Gasteiger partial charge < -0.3 is 5.32 Å². The van der Waals surface area contributed by atoms with E-state index in [9.17, 15) is 14.9 Å². The number of nitriles is 1. The van der Waals surface area contributed by atoms with Crippen LogP contribution in [0.2, 0.25) is 5.02 Å². The van der Waals surface area contributed by atoms with Crippen LogP contribution in [0.3, 0.4) is 0 Å². The molecule has 4 aromatic carbocycles. The third kappa shape index (κ3) is 4.59. The van der Waals surface area contributed by atoms with Gasteiger partial charge in [-0.15, -0.1) is 0 Å². The lowest BCUT2D eigenvalue weighted by atomic mass is 10.1. The van der Waals surface area contributed by atoms with Crippen LogP contribution in [0.5, 0.6) is 0 Å². The monoisotopic (exact) mass is 509 g/mol. The van der Waals surface area contributed by atoms with Crippen LogP contribution >= 0.6 is 23.4 Å². The first-order chi connectivity index (χ1) is 17.6. The van der Waals surface area contributed by atoms with Crippen LogP contribution in [-0.2, 0) is 16.0 Å². The van der Waals surface area contributed by atoms with Gasteiger partial charge in [0, 0.05) is 21.8 Å². The fraction of sp³-hybridized carbons (Fsp3) is 0.0690. The third-order valence-corrected chi connectivity index (χ3v) is 7.55. The molecule has 0 radical (unpaired) electrons. The third-order valence-electron chi connectivity index (χ3n) is 5.92. The van der Waals surface area contributed by atoms with E-state index in [2.05, 4.69) is 11.4 Å². The molecule has 7 heteroatoms. The zero-order chi connectivity index (χ0) is 25.1. The fourth-order valence-corrected chi connectivity index (χ4v) is 5.69. The maximum atomic E-state index is 13.6. The van der Waals surface area contributed by atoms with E-state index in [1.165, 1.54) is 16.7 Å². The number of amides is 2. The van der Waals surface area contributed by atoms with Crippen molar-refractivity contribution in [3.8, 4) is 6.07 Å². The number of hydrogen-bond donors (Lipinski definition) is 1. The van der Waals surface area contributed by atoms with Gasteiger partial charge in [-0.1, -0.05) is 96.2 Å². The number of anilines is 2. The van der Waals surface area contributed by atoms with Gasteiger partial charge >= 0.3 is 0 Å². The molecule has 176 valence electrons. The highest BCUT2D eigenvalue weighted by molar-refractivity contribution is 8.05. The standard InChI is InChI=1S/C29H20ClN3O2S/c30-24-15-7-5-10-20(24)17-26-28(35)33(21-12-2-1-3-13-21)29(36-26)23(18-31)27(34)32-25-16-8-11-19-9-4-6-14-22(19)25/h1-16,26H,17H2,(H,32,34)/b29-23-. The fourth-order valence-electron chi connectivity index (χ4n) is 4.18. The summed E-state index contributed by atoms with van der Waals surface area (Å²) in [6.45, 7) is 0. The molecule has 1 fully saturated rings. The van der Waals surface area contributed by atoms with Crippen LogP contribution in [0.4, 0.5) is 11.4 Å². The molecule has 2 amide bonds. The predicted molar refractivity (Wildman–Crippen MR) is 146 cm³/mol. The van der Waals surface area contributed by atoms with E-state index < -0.39 is 11.2 Å². The second-order valence-corrected chi connectivity index (χ2v) is 9.78. The first-order valence-corrected chi connectivity index (χ1v) is 12.5. The summed E-state index contributed by atoms with van der Waals surface area (Å²) < 4.78 is 0. The largest absolute Gasteiger partial charge is 0.321 e. The first kappa shape index (κ1) is 23.7. The molecule has 0 spiro atoms. The summed E-state index contributed by atoms with van der Waals surface area (Å²) in [6.07, 6.45) is 0.375. The predicted octanol–water partition coefficient (Wildman–Crippen LogP) is 6.56. The normalized spacial score (nSPS) is 16.6. The van der Waals surface area contributed by atoms with Gasteiger partial charge in [-0.05, 0) is 41.6 Å². The first-order valence-electron chi connectivity index (χ1n) is 11.3. The highest BCUT2D eigenvalue weighted by Gasteiger charge is 2.41. The molecule has 0 aliphatic carbocycles. The van der Waals surface area contributed by atoms with Gasteiger partial charge in [0.15, 0.2) is 0 Å². The van der Waals surface area contributed by atoms with E-state index in [0.717, 1.165) is 16.3 Å². The molecular formula is C29H20ClN3O2S. The Morgan fingerprint density at radius 2 is 1.64 bits per heavy atom. The Hall–Kier alpha value is -4.05. The van der Waals surface area contributed by atoms with Crippen LogP contribution in [0.1, 0.15) is 5.56 Å². The molecule has 36 heavy (non-hydrogen) atoms. The number of rotatable bonds is 5. The molecule has 1 aliphatic heterocycles. The molecule has 1 aliphatic rings. The van der Waals surface area contributed by atoms with Crippen molar-refractivity contribution in [2.75, 3.05) is 10.2 Å². The average molecular weight is 510 g/mol. The van der Waals surface area contributed by atoms with Crippen LogP contribution in [0.25, 0.3) is 10.8 Å². The van der Waals surface area contributed by atoms with Gasteiger partial charge in [0.2, 0.25) is 5.91 Å². The van der Waals surface area contributed by atoms with Gasteiger partial charge in [0.25, 0.3) is 5.91 Å². The van der Waals surface area contributed by atoms with E-state index in [-0.39, 0.29) is 11.5 Å². The highest BCUT2D eigenvalue weighted by Crippen LogP contribution is 2.42. The molecule has 4 aromatic rings. The summed E-state index contributed by atoms with van der Waals surface area (Å²) in [7, 11) is 0. The molecule has 0 aromatic heterocycles. The minimum Gasteiger partial charge on any atom is -0.321 e. The summed E-state index contributed by atoms with van der Waals surface area (Å²) in [5.74, 6) is -0.768. The van der Waals surface area contributed by atoms with Gasteiger partial charge in [-0.25, -0.2) is 0 Å². The number of fused-ring (bicyclic) bond motifs is 1. The average Bonchev–Trinajstić information content (AvgIpc) is 3.22. The van der Waals surface area contributed by atoms with E-state index in [1.807, 2.05) is 72.8 Å². The van der Waals surface area contributed by atoms with Crippen LogP contribution in [-0.4, -0.2) is 17.1 Å². The number of nitrogens with one attached hydrogen (secondary N) is 1. The second kappa shape index (κ2) is 10.3. The highest BCUT2D eigenvalue weighted by atomic mass is 35.5. The molecule has 5 nitrogen and oxygen atoms in total. The van der Waals surface area contributed by atoms with Crippen LogP contribution in [0, 0.1) is 11.3 Å². The quantitative estimate of drug-likeness (QED) is 0.244. The number of nitrogens with zero attached hydrogens (tertiary/aromatic N) is 2. The minimum absolute atomic E-state index is 0.119. The minimum atomic E-state index is -0.566. The summed E-state index contributed by atoms with van der Waals surface area (Å²) in [5.41, 5.74) is 1.90. The smallest absolute Gasteiger partial charge is 0.269 e. The number of thioether (sulfide) groups is 1. The number of para-hydroxylation sites is 1. The van der Waals surface area contributed by atoms with Crippen LogP contribution < -0.4 is 10.2 Å². The van der Waals surface area contributed by atoms with Crippen molar-refractivity contribution in [1.29, 1.82) is 5.26 Å². The lowest BCUT2D eigenvalue weighted by Crippen LogP contribution is -2.30. The van der Waals surface area contributed by atoms with Crippen molar-refractivity contribution in [1.82, 2.24) is 0 Å². The summed E-state index contributed by atoms with van der Waals surface area (Å²) in [5, 5.41) is 15.1. The van der Waals surface area contributed by atoms with Crippen molar-refractivity contribution in [2.24, 2.45) is 0 Å². The number of carbonyl (C=O) groups is 2. The Balaban J connectivity index is 1.54. The molecule has 0 bridgehead atoms. The second-order valence-electron chi connectivity index (χ2n) is 8.18.